The lowest BCUT2D eigenvalue weighted by atomic mass is 9.95. The second-order valence-corrected chi connectivity index (χ2v) is 6.46. The van der Waals surface area contributed by atoms with E-state index in [0.717, 1.165) is 38.5 Å². The minimum absolute atomic E-state index is 0.0425. The smallest absolute Gasteiger partial charge is 0.303 e. The van der Waals surface area contributed by atoms with Crippen LogP contribution in [0.25, 0.3) is 0 Å². The Morgan fingerprint density at radius 2 is 1.43 bits per heavy atom. The first-order chi connectivity index (χ1) is 11.0. The average Bonchev–Trinajstić information content (AvgIpc) is 2.52. The monoisotopic (exact) mass is 323 g/mol. The van der Waals surface area contributed by atoms with Crippen molar-refractivity contribution in [2.45, 2.75) is 104 Å². The summed E-state index contributed by atoms with van der Waals surface area (Å²) in [4.78, 5) is 10.7. The zero-order valence-electron chi connectivity index (χ0n) is 15.5. The van der Waals surface area contributed by atoms with Crippen LogP contribution in [0.3, 0.4) is 0 Å². The van der Waals surface area contributed by atoms with Crippen molar-refractivity contribution in [3.05, 3.63) is 16.9 Å². The predicted molar refractivity (Wildman–Crippen MR) is 98.6 cm³/mol. The Morgan fingerprint density at radius 3 is 1.91 bits per heavy atom. The first-order valence-electron chi connectivity index (χ1n) is 9.49. The van der Waals surface area contributed by atoms with E-state index in [9.17, 15) is 4.79 Å². The molecule has 0 fully saturated rings. The van der Waals surface area contributed by atoms with Crippen LogP contribution in [0.4, 0.5) is 0 Å². The van der Waals surface area contributed by atoms with Crippen LogP contribution in [-0.4, -0.2) is 17.1 Å². The van der Waals surface area contributed by atoms with Crippen molar-refractivity contribution < 1.29 is 9.90 Å². The number of carbonyl (C=O) groups is 1. The van der Waals surface area contributed by atoms with Gasteiger partial charge in [0.15, 0.2) is 0 Å². The van der Waals surface area contributed by atoms with Gasteiger partial charge in [-0.25, -0.2) is 0 Å². The molecule has 0 heterocycles. The Labute approximate surface area is 143 Å². The number of hydrogen-bond acceptors (Lipinski definition) is 2. The molecule has 0 amide bonds. The Morgan fingerprint density at radius 1 is 0.913 bits per heavy atom. The van der Waals surface area contributed by atoms with Gasteiger partial charge >= 0.3 is 5.97 Å². The molecule has 0 aromatic carbocycles. The molecule has 3 heteroatoms. The van der Waals surface area contributed by atoms with E-state index in [0.29, 0.717) is 6.42 Å². The van der Waals surface area contributed by atoms with Crippen LogP contribution in [0.5, 0.6) is 0 Å². The van der Waals surface area contributed by atoms with E-state index in [4.69, 9.17) is 10.8 Å². The van der Waals surface area contributed by atoms with Gasteiger partial charge in [-0.15, -0.1) is 5.73 Å². The van der Waals surface area contributed by atoms with E-state index in [2.05, 4.69) is 26.5 Å². The Hall–Kier alpha value is -1.05. The third-order valence-electron chi connectivity index (χ3n) is 4.15. The normalized spacial score (nSPS) is 11.8. The molecule has 0 aliphatic heterocycles. The third-order valence-corrected chi connectivity index (χ3v) is 4.15. The lowest BCUT2D eigenvalue weighted by molar-refractivity contribution is -0.137. The van der Waals surface area contributed by atoms with Crippen LogP contribution in [0.1, 0.15) is 97.8 Å². The standard InChI is InChI=1S/C20H37NO2/c1-4-7-11-17(12-8-5-2)16-18(13-9-6-3)19(21)14-10-15-20(22)23/h19H,4-15,21H2,1-3H3,(H,22,23). The highest BCUT2D eigenvalue weighted by molar-refractivity contribution is 5.66. The minimum Gasteiger partial charge on any atom is -0.481 e. The summed E-state index contributed by atoms with van der Waals surface area (Å²) in [6, 6.07) is -0.0425. The van der Waals surface area contributed by atoms with Gasteiger partial charge in [-0.05, 0) is 62.5 Å². The van der Waals surface area contributed by atoms with Crippen LogP contribution in [0.15, 0.2) is 16.9 Å². The number of nitrogens with two attached hydrogens (primary N) is 1. The van der Waals surface area contributed by atoms with E-state index in [1.807, 2.05) is 0 Å². The summed E-state index contributed by atoms with van der Waals surface area (Å²) in [5.74, 6) is -0.738. The average molecular weight is 324 g/mol. The number of rotatable bonds is 14. The maximum absolute atomic E-state index is 10.7. The predicted octanol–water partition coefficient (Wildman–Crippen LogP) is 5.59. The van der Waals surface area contributed by atoms with Crippen molar-refractivity contribution in [3.63, 3.8) is 0 Å². The number of unbranched alkanes of at least 4 members (excludes halogenated alkanes) is 3. The van der Waals surface area contributed by atoms with Crippen LogP contribution < -0.4 is 5.73 Å². The maximum Gasteiger partial charge on any atom is 0.303 e. The molecule has 0 aliphatic carbocycles. The highest BCUT2D eigenvalue weighted by atomic mass is 16.4. The Balaban J connectivity index is 5.06. The second-order valence-electron chi connectivity index (χ2n) is 6.46. The molecule has 0 bridgehead atoms. The number of carboxylic acid groups (broad SMARTS) is 1. The van der Waals surface area contributed by atoms with Gasteiger partial charge in [-0.1, -0.05) is 40.0 Å². The fourth-order valence-electron chi connectivity index (χ4n) is 2.61. The molecular weight excluding hydrogens is 286 g/mol. The molecule has 3 nitrogen and oxygen atoms in total. The molecular formula is C20H37NO2. The molecule has 0 aliphatic rings. The molecule has 0 aromatic heterocycles. The quantitative estimate of drug-likeness (QED) is 0.409. The van der Waals surface area contributed by atoms with Crippen LogP contribution in [-0.2, 0) is 4.79 Å². The van der Waals surface area contributed by atoms with E-state index in [1.54, 1.807) is 0 Å². The number of carboxylic acids is 1. The highest BCUT2D eigenvalue weighted by Gasteiger charge is 2.10. The van der Waals surface area contributed by atoms with Gasteiger partial charge in [-0.3, -0.25) is 4.79 Å². The van der Waals surface area contributed by atoms with Crippen molar-refractivity contribution in [1.82, 2.24) is 0 Å². The zero-order valence-corrected chi connectivity index (χ0v) is 15.5. The first kappa shape index (κ1) is 21.9. The largest absolute Gasteiger partial charge is 0.481 e. The van der Waals surface area contributed by atoms with Gasteiger partial charge in [0.1, 0.15) is 0 Å². The van der Waals surface area contributed by atoms with Crippen LogP contribution >= 0.6 is 0 Å². The lowest BCUT2D eigenvalue weighted by Gasteiger charge is -2.15. The van der Waals surface area contributed by atoms with Gasteiger partial charge in [0.25, 0.3) is 0 Å². The van der Waals surface area contributed by atoms with Crippen LogP contribution in [0.2, 0.25) is 0 Å². The maximum atomic E-state index is 10.7. The Kier molecular flexibility index (Phi) is 13.9. The summed E-state index contributed by atoms with van der Waals surface area (Å²) in [5.41, 5.74) is 12.6. The van der Waals surface area contributed by atoms with Crippen molar-refractivity contribution in [2.24, 2.45) is 5.73 Å². The molecule has 1 unspecified atom stereocenters. The molecule has 1 atom stereocenters. The van der Waals surface area contributed by atoms with Crippen molar-refractivity contribution in [1.29, 1.82) is 0 Å². The van der Waals surface area contributed by atoms with Crippen molar-refractivity contribution in [2.75, 3.05) is 0 Å². The van der Waals surface area contributed by atoms with Gasteiger partial charge in [0.2, 0.25) is 0 Å². The summed E-state index contributed by atoms with van der Waals surface area (Å²) in [7, 11) is 0. The van der Waals surface area contributed by atoms with Gasteiger partial charge < -0.3 is 10.8 Å². The SMILES string of the molecule is CCCCC(=C=C(CCCC)C(N)CCCC(=O)O)CCCC. The number of hydrogen-bond donors (Lipinski definition) is 2. The van der Waals surface area contributed by atoms with Gasteiger partial charge in [0, 0.05) is 12.5 Å². The fourth-order valence-corrected chi connectivity index (χ4v) is 2.61. The molecule has 23 heavy (non-hydrogen) atoms. The van der Waals surface area contributed by atoms with Crippen molar-refractivity contribution >= 4 is 5.97 Å². The molecule has 0 rings (SSSR count). The molecule has 0 radical (unpaired) electrons. The zero-order chi connectivity index (χ0) is 17.5. The summed E-state index contributed by atoms with van der Waals surface area (Å²) in [5, 5.41) is 8.78. The molecule has 0 aromatic rings. The lowest BCUT2D eigenvalue weighted by Crippen LogP contribution is -2.22. The van der Waals surface area contributed by atoms with Crippen molar-refractivity contribution in [3.8, 4) is 0 Å². The molecule has 0 saturated heterocycles. The summed E-state index contributed by atoms with van der Waals surface area (Å²) < 4.78 is 0. The van der Waals surface area contributed by atoms with E-state index >= 15 is 0 Å². The first-order valence-corrected chi connectivity index (χ1v) is 9.49. The van der Waals surface area contributed by atoms with Crippen LogP contribution in [0, 0.1) is 0 Å². The second kappa shape index (κ2) is 14.5. The Bertz CT molecular complexity index is 371. The topological polar surface area (TPSA) is 63.3 Å². The molecule has 0 spiro atoms. The summed E-state index contributed by atoms with van der Waals surface area (Å²) in [6.45, 7) is 6.62. The van der Waals surface area contributed by atoms with E-state index < -0.39 is 5.97 Å². The minimum atomic E-state index is -0.738. The molecule has 0 saturated carbocycles. The van der Waals surface area contributed by atoms with Gasteiger partial charge in [0.05, 0.1) is 0 Å². The summed E-state index contributed by atoms with van der Waals surface area (Å²) >= 11 is 0. The van der Waals surface area contributed by atoms with E-state index in [-0.39, 0.29) is 12.5 Å². The molecule has 134 valence electrons. The van der Waals surface area contributed by atoms with Gasteiger partial charge in [-0.2, -0.15) is 0 Å². The summed E-state index contributed by atoms with van der Waals surface area (Å²) in [6.07, 6.45) is 11.9. The number of aliphatic carboxylic acids is 1. The third kappa shape index (κ3) is 12.1. The van der Waals surface area contributed by atoms with E-state index in [1.165, 1.54) is 36.8 Å². The fraction of sp³-hybridized carbons (Fsp3) is 0.800. The molecule has 3 N–H and O–H groups in total. The highest BCUT2D eigenvalue weighted by Crippen LogP contribution is 2.19.